The third kappa shape index (κ3) is 4.81. The Morgan fingerprint density at radius 1 is 1.12 bits per heavy atom. The normalized spacial score (nSPS) is 17.9. The summed E-state index contributed by atoms with van der Waals surface area (Å²) in [6.07, 6.45) is 0.602. The Morgan fingerprint density at radius 2 is 1.83 bits per heavy atom. The highest BCUT2D eigenvalue weighted by molar-refractivity contribution is 5.85. The molecule has 0 unspecified atom stereocenters. The van der Waals surface area contributed by atoms with Gasteiger partial charge in [0.25, 0.3) is 0 Å². The number of hydrogen-bond donors (Lipinski definition) is 1. The van der Waals surface area contributed by atoms with Gasteiger partial charge >= 0.3 is 0 Å². The second-order valence-electron chi connectivity index (χ2n) is 6.44. The van der Waals surface area contributed by atoms with Gasteiger partial charge in [-0.25, -0.2) is 0 Å². The molecular formula is C15H28Cl2N6O. The standard InChI is InChI=1S/C15H26N6O.2ClH/c1-12(2)15-18-17-13-11-19(9-10-21(13)15)6-3-14(22)20-7-4-16-5-8-20;;/h12,16H,3-11H2,1-2H3;2*1H. The molecule has 138 valence electrons. The van der Waals surface area contributed by atoms with E-state index in [1.165, 1.54) is 0 Å². The Balaban J connectivity index is 0.00000144. The molecule has 2 aliphatic heterocycles. The van der Waals surface area contributed by atoms with Gasteiger partial charge in [-0.05, 0) is 0 Å². The van der Waals surface area contributed by atoms with E-state index in [9.17, 15) is 4.79 Å². The molecule has 1 fully saturated rings. The molecule has 0 spiro atoms. The quantitative estimate of drug-likeness (QED) is 0.842. The van der Waals surface area contributed by atoms with Gasteiger partial charge in [0.15, 0.2) is 0 Å². The number of rotatable bonds is 4. The number of aromatic nitrogens is 3. The molecule has 1 aromatic rings. The Bertz CT molecular complexity index is 530. The van der Waals surface area contributed by atoms with Crippen LogP contribution in [0.4, 0.5) is 0 Å². The van der Waals surface area contributed by atoms with Crippen molar-refractivity contribution in [3.8, 4) is 0 Å². The minimum Gasteiger partial charge on any atom is -0.340 e. The fraction of sp³-hybridized carbons (Fsp3) is 0.800. The molecule has 1 N–H and O–H groups in total. The highest BCUT2D eigenvalue weighted by Crippen LogP contribution is 2.18. The molecule has 0 atom stereocenters. The van der Waals surface area contributed by atoms with E-state index in [0.717, 1.165) is 64.0 Å². The van der Waals surface area contributed by atoms with Crippen molar-refractivity contribution in [2.24, 2.45) is 0 Å². The monoisotopic (exact) mass is 378 g/mol. The summed E-state index contributed by atoms with van der Waals surface area (Å²) in [5.74, 6) is 2.79. The number of halogens is 2. The van der Waals surface area contributed by atoms with Crippen LogP contribution in [0.1, 0.15) is 37.8 Å². The summed E-state index contributed by atoms with van der Waals surface area (Å²) in [6.45, 7) is 11.3. The van der Waals surface area contributed by atoms with Crippen LogP contribution < -0.4 is 5.32 Å². The first-order valence-corrected chi connectivity index (χ1v) is 8.28. The number of amides is 1. The predicted octanol–water partition coefficient (Wildman–Crippen LogP) is 0.883. The lowest BCUT2D eigenvalue weighted by atomic mass is 10.2. The highest BCUT2D eigenvalue weighted by atomic mass is 35.5. The molecule has 2 aliphatic rings. The molecule has 0 radical (unpaired) electrons. The molecule has 9 heteroatoms. The van der Waals surface area contributed by atoms with E-state index in [0.29, 0.717) is 12.3 Å². The lowest BCUT2D eigenvalue weighted by Gasteiger charge is -2.30. The summed E-state index contributed by atoms with van der Waals surface area (Å²) in [5.41, 5.74) is 0. The van der Waals surface area contributed by atoms with Crippen molar-refractivity contribution in [1.29, 1.82) is 0 Å². The third-order valence-electron chi connectivity index (χ3n) is 4.49. The van der Waals surface area contributed by atoms with E-state index in [1.54, 1.807) is 0 Å². The average molecular weight is 379 g/mol. The van der Waals surface area contributed by atoms with Gasteiger partial charge in [0.2, 0.25) is 5.91 Å². The van der Waals surface area contributed by atoms with Gasteiger partial charge in [0.05, 0.1) is 6.54 Å². The summed E-state index contributed by atoms with van der Waals surface area (Å²) in [7, 11) is 0. The van der Waals surface area contributed by atoms with Gasteiger partial charge in [-0.15, -0.1) is 35.0 Å². The summed E-state index contributed by atoms with van der Waals surface area (Å²) in [5, 5.41) is 11.9. The smallest absolute Gasteiger partial charge is 0.223 e. The molecule has 0 bridgehead atoms. The van der Waals surface area contributed by atoms with E-state index in [1.807, 2.05) is 4.90 Å². The van der Waals surface area contributed by atoms with E-state index in [2.05, 4.69) is 38.8 Å². The van der Waals surface area contributed by atoms with Crippen LogP contribution in [0.3, 0.4) is 0 Å². The number of carbonyl (C=O) groups excluding carboxylic acids is 1. The SMILES string of the molecule is CC(C)c1nnc2n1CCN(CCC(=O)N1CCNCC1)C2.Cl.Cl. The van der Waals surface area contributed by atoms with Crippen LogP contribution in [-0.4, -0.2) is 69.7 Å². The zero-order chi connectivity index (χ0) is 15.5. The number of fused-ring (bicyclic) bond motifs is 1. The number of piperazine rings is 1. The molecule has 7 nitrogen and oxygen atoms in total. The third-order valence-corrected chi connectivity index (χ3v) is 4.49. The maximum absolute atomic E-state index is 12.2. The minimum absolute atomic E-state index is 0. The van der Waals surface area contributed by atoms with Crippen LogP contribution in [0.2, 0.25) is 0 Å². The van der Waals surface area contributed by atoms with E-state index in [4.69, 9.17) is 0 Å². The van der Waals surface area contributed by atoms with Gasteiger partial charge < -0.3 is 14.8 Å². The summed E-state index contributed by atoms with van der Waals surface area (Å²) in [6, 6.07) is 0. The van der Waals surface area contributed by atoms with Crippen molar-refractivity contribution in [3.05, 3.63) is 11.6 Å². The zero-order valence-electron chi connectivity index (χ0n) is 14.4. The molecule has 3 rings (SSSR count). The van der Waals surface area contributed by atoms with Crippen LogP contribution >= 0.6 is 24.8 Å². The molecule has 1 amide bonds. The molecule has 1 aromatic heterocycles. The predicted molar refractivity (Wildman–Crippen MR) is 98.0 cm³/mol. The Labute approximate surface area is 156 Å². The first kappa shape index (κ1) is 21.2. The fourth-order valence-corrected chi connectivity index (χ4v) is 3.17. The van der Waals surface area contributed by atoms with Crippen molar-refractivity contribution in [3.63, 3.8) is 0 Å². The lowest BCUT2D eigenvalue weighted by molar-refractivity contribution is -0.132. The number of carbonyl (C=O) groups is 1. The van der Waals surface area contributed by atoms with Crippen molar-refractivity contribution in [2.75, 3.05) is 39.3 Å². The molecule has 0 saturated carbocycles. The van der Waals surface area contributed by atoms with Crippen LogP contribution in [0, 0.1) is 0 Å². The maximum atomic E-state index is 12.2. The fourth-order valence-electron chi connectivity index (χ4n) is 3.17. The van der Waals surface area contributed by atoms with Gasteiger partial charge in [-0.1, -0.05) is 13.8 Å². The van der Waals surface area contributed by atoms with Gasteiger partial charge in [0.1, 0.15) is 11.6 Å². The minimum atomic E-state index is 0. The van der Waals surface area contributed by atoms with Gasteiger partial charge in [0, 0.05) is 58.2 Å². The number of nitrogens with one attached hydrogen (secondary N) is 1. The van der Waals surface area contributed by atoms with E-state index >= 15 is 0 Å². The largest absolute Gasteiger partial charge is 0.340 e. The van der Waals surface area contributed by atoms with Crippen molar-refractivity contribution >= 4 is 30.7 Å². The van der Waals surface area contributed by atoms with Gasteiger partial charge in [-0.2, -0.15) is 0 Å². The number of hydrogen-bond acceptors (Lipinski definition) is 5. The second-order valence-corrected chi connectivity index (χ2v) is 6.44. The first-order valence-electron chi connectivity index (χ1n) is 8.28. The van der Waals surface area contributed by atoms with Crippen molar-refractivity contribution in [1.82, 2.24) is 29.9 Å². The lowest BCUT2D eigenvalue weighted by Crippen LogP contribution is -2.47. The van der Waals surface area contributed by atoms with Crippen LogP contribution in [0.5, 0.6) is 0 Å². The number of nitrogens with zero attached hydrogens (tertiary/aromatic N) is 5. The molecule has 0 aromatic carbocycles. The zero-order valence-corrected chi connectivity index (χ0v) is 16.0. The Kier molecular flexibility index (Phi) is 8.42. The van der Waals surface area contributed by atoms with Crippen molar-refractivity contribution in [2.45, 2.75) is 39.3 Å². The first-order chi connectivity index (χ1) is 10.6. The van der Waals surface area contributed by atoms with Crippen LogP contribution in [0.25, 0.3) is 0 Å². The highest BCUT2D eigenvalue weighted by Gasteiger charge is 2.23. The van der Waals surface area contributed by atoms with E-state index in [-0.39, 0.29) is 30.7 Å². The topological polar surface area (TPSA) is 66.3 Å². The average Bonchev–Trinajstić information content (AvgIpc) is 2.96. The van der Waals surface area contributed by atoms with Gasteiger partial charge in [-0.3, -0.25) is 9.69 Å². The Hall–Kier alpha value is -0.890. The maximum Gasteiger partial charge on any atom is 0.223 e. The molecular weight excluding hydrogens is 351 g/mol. The summed E-state index contributed by atoms with van der Waals surface area (Å²) < 4.78 is 2.24. The van der Waals surface area contributed by atoms with Crippen LogP contribution in [0.15, 0.2) is 0 Å². The molecule has 0 aliphatic carbocycles. The molecule has 1 saturated heterocycles. The van der Waals surface area contributed by atoms with Crippen LogP contribution in [-0.2, 0) is 17.9 Å². The van der Waals surface area contributed by atoms with Crippen molar-refractivity contribution < 1.29 is 4.79 Å². The van der Waals surface area contributed by atoms with E-state index < -0.39 is 0 Å². The molecule has 3 heterocycles. The molecule has 24 heavy (non-hydrogen) atoms. The summed E-state index contributed by atoms with van der Waals surface area (Å²) in [4.78, 5) is 16.5. The second kappa shape index (κ2) is 9.56. The summed E-state index contributed by atoms with van der Waals surface area (Å²) >= 11 is 0. The Morgan fingerprint density at radius 3 is 2.50 bits per heavy atom.